The number of rotatable bonds is 11. The molecule has 0 aliphatic carbocycles. The van der Waals surface area contributed by atoms with Crippen LogP contribution in [0.1, 0.15) is 6.42 Å². The Morgan fingerprint density at radius 2 is 1.55 bits per heavy atom. The van der Waals surface area contributed by atoms with Gasteiger partial charge in [0.2, 0.25) is 11.8 Å². The smallest absolute Gasteiger partial charge is 0.327 e. The minimum absolute atomic E-state index is 0.0437. The number of aliphatic carboxylic acids is 2. The summed E-state index contributed by atoms with van der Waals surface area (Å²) < 4.78 is 4.99. The number of thioether (sulfide) groups is 1. The molecule has 0 aromatic rings. The van der Waals surface area contributed by atoms with Gasteiger partial charge in [0.15, 0.2) is 6.29 Å². The van der Waals surface area contributed by atoms with Crippen LogP contribution in [-0.4, -0.2) is 122 Å². The molecule has 1 rings (SSSR count). The molecular weight excluding hydrogens is 442 g/mol. The standard InChI is InChI=1S/C16H27N3O11S/c1-17-5(3-7(20)21)13(25)19-8(14(26)18-6(4-31-2)15(27)28)12-10(23)9(22)11(24)16(29)30-12/h5-6,8-12,16-17,22-24,29H,3-4H2,1-2H3,(H,18,26)(H,19,25)(H,20,21)(H,27,28)/t5-,6-,8?,9?,10?,11?,12?,16?/m0/s1. The zero-order chi connectivity index (χ0) is 23.9. The van der Waals surface area contributed by atoms with Crippen LogP contribution in [0.15, 0.2) is 0 Å². The quantitative estimate of drug-likeness (QED) is 0.138. The third-order valence-electron chi connectivity index (χ3n) is 4.53. The van der Waals surface area contributed by atoms with Crippen LogP contribution in [0, 0.1) is 0 Å². The van der Waals surface area contributed by atoms with Gasteiger partial charge in [0, 0.05) is 5.75 Å². The first-order valence-corrected chi connectivity index (χ1v) is 10.4. The minimum atomic E-state index is -2.03. The number of likely N-dealkylation sites (N-methyl/N-ethyl adjacent to an activating group) is 1. The number of ether oxygens (including phenoxy) is 1. The number of carbonyl (C=O) groups is 4. The van der Waals surface area contributed by atoms with Gasteiger partial charge in [-0.25, -0.2) is 4.79 Å². The molecule has 8 atom stereocenters. The Kier molecular flexibility index (Phi) is 10.6. The summed E-state index contributed by atoms with van der Waals surface area (Å²) in [5.41, 5.74) is 0. The lowest BCUT2D eigenvalue weighted by Crippen LogP contribution is -2.68. The molecule has 178 valence electrons. The van der Waals surface area contributed by atoms with Crippen LogP contribution >= 0.6 is 11.8 Å². The van der Waals surface area contributed by atoms with Crippen molar-refractivity contribution in [1.29, 1.82) is 0 Å². The average molecular weight is 469 g/mol. The SMILES string of the molecule is CN[C@@H](CC(=O)O)C(=O)NC(C(=O)N[C@@H](CSC)C(=O)O)C1OC(O)C(O)C(O)C1O. The Labute approximate surface area is 181 Å². The Balaban J connectivity index is 3.19. The maximum absolute atomic E-state index is 12.8. The van der Waals surface area contributed by atoms with Crippen molar-refractivity contribution in [1.82, 2.24) is 16.0 Å². The van der Waals surface area contributed by atoms with Gasteiger partial charge < -0.3 is 51.3 Å². The molecule has 6 unspecified atom stereocenters. The molecule has 0 radical (unpaired) electrons. The Morgan fingerprint density at radius 3 is 2.03 bits per heavy atom. The average Bonchev–Trinajstić information content (AvgIpc) is 2.70. The number of aliphatic hydroxyl groups is 4. The molecule has 1 saturated heterocycles. The number of amides is 2. The highest BCUT2D eigenvalue weighted by molar-refractivity contribution is 7.98. The van der Waals surface area contributed by atoms with E-state index in [1.54, 1.807) is 6.26 Å². The number of nitrogens with one attached hydrogen (secondary N) is 3. The number of hydrogen-bond donors (Lipinski definition) is 9. The number of carbonyl (C=O) groups excluding carboxylic acids is 2. The van der Waals surface area contributed by atoms with E-state index in [9.17, 15) is 44.7 Å². The van der Waals surface area contributed by atoms with E-state index in [1.165, 1.54) is 7.05 Å². The van der Waals surface area contributed by atoms with Gasteiger partial charge in [0.1, 0.15) is 36.5 Å². The predicted molar refractivity (Wildman–Crippen MR) is 104 cm³/mol. The summed E-state index contributed by atoms with van der Waals surface area (Å²) in [6, 6.07) is -4.55. The first-order valence-electron chi connectivity index (χ1n) is 9.03. The number of aliphatic hydroxyl groups excluding tert-OH is 4. The van der Waals surface area contributed by atoms with Crippen molar-refractivity contribution in [2.75, 3.05) is 19.1 Å². The maximum atomic E-state index is 12.8. The van der Waals surface area contributed by atoms with Gasteiger partial charge in [0.25, 0.3) is 0 Å². The second-order valence-corrected chi connectivity index (χ2v) is 7.65. The molecular formula is C16H27N3O11S. The number of carboxylic acid groups (broad SMARTS) is 2. The van der Waals surface area contributed by atoms with Crippen molar-refractivity contribution in [3.63, 3.8) is 0 Å². The second kappa shape index (κ2) is 12.1. The molecule has 1 aliphatic rings. The van der Waals surface area contributed by atoms with E-state index in [0.29, 0.717) is 0 Å². The van der Waals surface area contributed by atoms with Crippen LogP contribution in [0.2, 0.25) is 0 Å². The molecule has 1 heterocycles. The molecule has 9 N–H and O–H groups in total. The molecule has 31 heavy (non-hydrogen) atoms. The van der Waals surface area contributed by atoms with Crippen LogP contribution in [-0.2, 0) is 23.9 Å². The largest absolute Gasteiger partial charge is 0.481 e. The monoisotopic (exact) mass is 469 g/mol. The summed E-state index contributed by atoms with van der Waals surface area (Å²) in [5, 5.41) is 64.4. The highest BCUT2D eigenvalue weighted by Gasteiger charge is 2.49. The summed E-state index contributed by atoms with van der Waals surface area (Å²) >= 11 is 1.11. The lowest BCUT2D eigenvalue weighted by atomic mass is 9.93. The maximum Gasteiger partial charge on any atom is 0.327 e. The van der Waals surface area contributed by atoms with Crippen molar-refractivity contribution < 1.29 is 54.6 Å². The summed E-state index contributed by atoms with van der Waals surface area (Å²) in [4.78, 5) is 47.6. The number of hydrogen-bond acceptors (Lipinski definition) is 11. The van der Waals surface area contributed by atoms with Gasteiger partial charge in [-0.3, -0.25) is 14.4 Å². The van der Waals surface area contributed by atoms with E-state index >= 15 is 0 Å². The van der Waals surface area contributed by atoms with E-state index in [4.69, 9.17) is 9.84 Å². The van der Waals surface area contributed by atoms with E-state index in [1.807, 2.05) is 0 Å². The van der Waals surface area contributed by atoms with E-state index in [0.717, 1.165) is 11.8 Å². The van der Waals surface area contributed by atoms with E-state index in [2.05, 4.69) is 16.0 Å². The van der Waals surface area contributed by atoms with Crippen LogP contribution in [0.25, 0.3) is 0 Å². The van der Waals surface area contributed by atoms with Crippen molar-refractivity contribution in [2.24, 2.45) is 0 Å². The fraction of sp³-hybridized carbons (Fsp3) is 0.750. The lowest BCUT2D eigenvalue weighted by molar-refractivity contribution is -0.285. The molecule has 15 heteroatoms. The van der Waals surface area contributed by atoms with Gasteiger partial charge in [0.05, 0.1) is 12.5 Å². The van der Waals surface area contributed by atoms with Gasteiger partial charge in [-0.15, -0.1) is 0 Å². The summed E-state index contributed by atoms with van der Waals surface area (Å²) in [5.74, 6) is -4.90. The topological polar surface area (TPSA) is 235 Å². The van der Waals surface area contributed by atoms with Crippen LogP contribution in [0.4, 0.5) is 0 Å². The zero-order valence-corrected chi connectivity index (χ0v) is 17.5. The first-order chi connectivity index (χ1) is 14.4. The third-order valence-corrected chi connectivity index (χ3v) is 5.19. The Hall–Kier alpha value is -2.01. The van der Waals surface area contributed by atoms with Crippen LogP contribution in [0.3, 0.4) is 0 Å². The summed E-state index contributed by atoms with van der Waals surface area (Å²) in [6.07, 6.45) is -8.75. The summed E-state index contributed by atoms with van der Waals surface area (Å²) in [6.45, 7) is 0. The molecule has 0 aromatic heterocycles. The van der Waals surface area contributed by atoms with Crippen LogP contribution < -0.4 is 16.0 Å². The highest BCUT2D eigenvalue weighted by Crippen LogP contribution is 2.22. The fourth-order valence-electron chi connectivity index (χ4n) is 2.82. The first kappa shape index (κ1) is 27.0. The van der Waals surface area contributed by atoms with Gasteiger partial charge in [-0.1, -0.05) is 0 Å². The van der Waals surface area contributed by atoms with Crippen LogP contribution in [0.5, 0.6) is 0 Å². The third kappa shape index (κ3) is 7.27. The Bertz CT molecular complexity index is 667. The van der Waals surface area contributed by atoms with Crippen molar-refractivity contribution in [2.45, 2.75) is 55.3 Å². The van der Waals surface area contributed by atoms with Gasteiger partial charge in [-0.2, -0.15) is 11.8 Å². The lowest BCUT2D eigenvalue weighted by Gasteiger charge is -2.41. The van der Waals surface area contributed by atoms with Crippen molar-refractivity contribution >= 4 is 35.5 Å². The molecule has 0 bridgehead atoms. The predicted octanol–water partition coefficient (Wildman–Crippen LogP) is -4.73. The highest BCUT2D eigenvalue weighted by atomic mass is 32.2. The van der Waals surface area contributed by atoms with E-state index in [-0.39, 0.29) is 5.75 Å². The number of carboxylic acids is 2. The molecule has 0 aromatic carbocycles. The molecule has 1 fully saturated rings. The fourth-order valence-corrected chi connectivity index (χ4v) is 3.38. The second-order valence-electron chi connectivity index (χ2n) is 6.74. The minimum Gasteiger partial charge on any atom is -0.481 e. The summed E-state index contributed by atoms with van der Waals surface area (Å²) in [7, 11) is 1.29. The zero-order valence-electron chi connectivity index (χ0n) is 16.7. The van der Waals surface area contributed by atoms with Crippen molar-refractivity contribution in [3.8, 4) is 0 Å². The molecule has 0 saturated carbocycles. The molecule has 14 nitrogen and oxygen atoms in total. The Morgan fingerprint density at radius 1 is 0.935 bits per heavy atom. The van der Waals surface area contributed by atoms with Gasteiger partial charge >= 0.3 is 11.9 Å². The molecule has 1 aliphatic heterocycles. The molecule has 0 spiro atoms. The van der Waals surface area contributed by atoms with Gasteiger partial charge in [-0.05, 0) is 13.3 Å². The normalized spacial score (nSPS) is 28.8. The van der Waals surface area contributed by atoms with Crippen molar-refractivity contribution in [3.05, 3.63) is 0 Å². The molecule has 2 amide bonds. The van der Waals surface area contributed by atoms with E-state index < -0.39 is 79.0 Å².